The van der Waals surface area contributed by atoms with Gasteiger partial charge in [-0.1, -0.05) is 23.5 Å². The third-order valence-electron chi connectivity index (χ3n) is 4.96. The number of carbonyl (C=O) groups is 2. The number of thiazole rings is 1. The zero-order chi connectivity index (χ0) is 21.8. The SMILES string of the molecule is COc1ccc2nc(N(CCCn3ccnc3)C(=O)c3ccc(C(C)=O)cc3)sc2c1. The molecule has 0 aliphatic rings. The van der Waals surface area contributed by atoms with Crippen molar-refractivity contribution in [1.29, 1.82) is 0 Å². The molecule has 2 heterocycles. The maximum atomic E-state index is 13.4. The fraction of sp³-hybridized carbons (Fsp3) is 0.217. The molecule has 7 nitrogen and oxygen atoms in total. The van der Waals surface area contributed by atoms with Gasteiger partial charge in [0.1, 0.15) is 5.75 Å². The van der Waals surface area contributed by atoms with Gasteiger partial charge in [0.05, 0.1) is 23.7 Å². The molecule has 0 spiro atoms. The molecule has 0 aliphatic heterocycles. The largest absolute Gasteiger partial charge is 0.497 e. The molecule has 0 saturated heterocycles. The summed E-state index contributed by atoms with van der Waals surface area (Å²) in [5.74, 6) is 0.573. The molecular weight excluding hydrogens is 412 g/mol. The Balaban J connectivity index is 1.63. The zero-order valence-electron chi connectivity index (χ0n) is 17.3. The predicted molar refractivity (Wildman–Crippen MR) is 121 cm³/mol. The number of hydrogen-bond acceptors (Lipinski definition) is 6. The van der Waals surface area contributed by atoms with Gasteiger partial charge >= 0.3 is 0 Å². The molecule has 0 bridgehead atoms. The quantitative estimate of drug-likeness (QED) is 0.383. The fourth-order valence-corrected chi connectivity index (χ4v) is 4.27. The van der Waals surface area contributed by atoms with Crippen LogP contribution in [0.4, 0.5) is 5.13 Å². The van der Waals surface area contributed by atoms with Gasteiger partial charge in [-0.05, 0) is 43.7 Å². The molecule has 0 aliphatic carbocycles. The Kier molecular flexibility index (Phi) is 6.08. The molecule has 0 N–H and O–H groups in total. The number of methoxy groups -OCH3 is 1. The number of ether oxygens (including phenoxy) is 1. The van der Waals surface area contributed by atoms with Gasteiger partial charge < -0.3 is 9.30 Å². The number of ketones is 1. The number of Topliss-reactive ketones (excluding diaryl/α,β-unsaturated/α-hetero) is 1. The molecule has 8 heteroatoms. The second-order valence-corrected chi connectivity index (χ2v) is 8.08. The Morgan fingerprint density at radius 2 is 1.90 bits per heavy atom. The smallest absolute Gasteiger partial charge is 0.260 e. The van der Waals surface area contributed by atoms with Gasteiger partial charge in [-0.3, -0.25) is 14.5 Å². The first-order valence-corrected chi connectivity index (χ1v) is 10.7. The van der Waals surface area contributed by atoms with E-state index in [1.54, 1.807) is 48.8 Å². The minimum Gasteiger partial charge on any atom is -0.497 e. The topological polar surface area (TPSA) is 77.3 Å². The Bertz CT molecular complexity index is 1200. The zero-order valence-corrected chi connectivity index (χ0v) is 18.1. The van der Waals surface area contributed by atoms with E-state index in [1.165, 1.54) is 18.3 Å². The summed E-state index contributed by atoms with van der Waals surface area (Å²) in [6, 6.07) is 12.4. The Morgan fingerprint density at radius 3 is 2.58 bits per heavy atom. The van der Waals surface area contributed by atoms with Crippen molar-refractivity contribution in [2.45, 2.75) is 19.9 Å². The number of fused-ring (bicyclic) bond motifs is 1. The standard InChI is InChI=1S/C23H22N4O3S/c1-16(28)17-4-6-18(7-5-17)22(29)27(12-3-11-26-13-10-24-15-26)23-25-20-9-8-19(30-2)14-21(20)31-23/h4-10,13-15H,3,11-12H2,1-2H3. The summed E-state index contributed by atoms with van der Waals surface area (Å²) in [6.07, 6.45) is 6.14. The van der Waals surface area contributed by atoms with Crippen molar-refractivity contribution in [1.82, 2.24) is 14.5 Å². The number of nitrogens with zero attached hydrogens (tertiary/aromatic N) is 4. The van der Waals surface area contributed by atoms with Gasteiger partial charge in [0, 0.05) is 36.6 Å². The second kappa shape index (κ2) is 9.09. The van der Waals surface area contributed by atoms with Crippen molar-refractivity contribution in [3.63, 3.8) is 0 Å². The summed E-state index contributed by atoms with van der Waals surface area (Å²) >= 11 is 1.45. The number of carbonyl (C=O) groups excluding carboxylic acids is 2. The second-order valence-electron chi connectivity index (χ2n) is 7.07. The van der Waals surface area contributed by atoms with Gasteiger partial charge in [-0.15, -0.1) is 0 Å². The van der Waals surface area contributed by atoms with E-state index in [9.17, 15) is 9.59 Å². The van der Waals surface area contributed by atoms with E-state index < -0.39 is 0 Å². The van der Waals surface area contributed by atoms with Gasteiger partial charge in [-0.25, -0.2) is 9.97 Å². The van der Waals surface area contributed by atoms with E-state index in [0.717, 1.165) is 28.9 Å². The lowest BCUT2D eigenvalue weighted by atomic mass is 10.1. The molecule has 0 atom stereocenters. The van der Waals surface area contributed by atoms with Crippen LogP contribution in [0.25, 0.3) is 10.2 Å². The maximum Gasteiger partial charge on any atom is 0.260 e. The first-order valence-electron chi connectivity index (χ1n) is 9.88. The molecular formula is C23H22N4O3S. The maximum absolute atomic E-state index is 13.4. The van der Waals surface area contributed by atoms with Crippen LogP contribution in [0.1, 0.15) is 34.1 Å². The van der Waals surface area contributed by atoms with E-state index in [2.05, 4.69) is 4.98 Å². The van der Waals surface area contributed by atoms with Crippen LogP contribution in [0, 0.1) is 0 Å². The average Bonchev–Trinajstić information content (AvgIpc) is 3.45. The van der Waals surface area contributed by atoms with Crippen LogP contribution in [-0.2, 0) is 6.54 Å². The van der Waals surface area contributed by atoms with Crippen molar-refractivity contribution in [3.05, 3.63) is 72.3 Å². The molecule has 4 rings (SSSR count). The molecule has 31 heavy (non-hydrogen) atoms. The number of aryl methyl sites for hydroxylation is 1. The van der Waals surface area contributed by atoms with Gasteiger partial charge in [0.2, 0.25) is 0 Å². The monoisotopic (exact) mass is 434 g/mol. The third-order valence-corrected chi connectivity index (χ3v) is 6.00. The summed E-state index contributed by atoms with van der Waals surface area (Å²) in [7, 11) is 1.62. The number of hydrogen-bond donors (Lipinski definition) is 0. The van der Waals surface area contributed by atoms with Crippen molar-refractivity contribution in [2.75, 3.05) is 18.6 Å². The molecule has 0 radical (unpaired) electrons. The van der Waals surface area contributed by atoms with Crippen LogP contribution in [0.15, 0.2) is 61.2 Å². The van der Waals surface area contributed by atoms with E-state index in [-0.39, 0.29) is 11.7 Å². The summed E-state index contributed by atoms with van der Waals surface area (Å²) in [5.41, 5.74) is 1.92. The summed E-state index contributed by atoms with van der Waals surface area (Å²) in [6.45, 7) is 2.75. The molecule has 0 saturated carbocycles. The van der Waals surface area contributed by atoms with Gasteiger partial charge in [0.15, 0.2) is 10.9 Å². The summed E-state index contributed by atoms with van der Waals surface area (Å²) in [4.78, 5) is 35.4. The summed E-state index contributed by atoms with van der Waals surface area (Å²) in [5, 5.41) is 0.634. The third kappa shape index (κ3) is 4.64. The number of rotatable bonds is 8. The van der Waals surface area contributed by atoms with Crippen LogP contribution in [0.5, 0.6) is 5.75 Å². The molecule has 2 aromatic heterocycles. The first-order chi connectivity index (χ1) is 15.0. The van der Waals surface area contributed by atoms with Gasteiger partial charge in [-0.2, -0.15) is 0 Å². The van der Waals surface area contributed by atoms with Crippen LogP contribution >= 0.6 is 11.3 Å². The Labute approximate surface area is 183 Å². The minimum atomic E-state index is -0.147. The number of aromatic nitrogens is 3. The number of amides is 1. The van der Waals surface area contributed by atoms with E-state index in [4.69, 9.17) is 9.72 Å². The molecule has 0 fully saturated rings. The lowest BCUT2D eigenvalue weighted by Crippen LogP contribution is -2.32. The molecule has 1 amide bonds. The van der Waals surface area contributed by atoms with E-state index in [1.807, 2.05) is 29.0 Å². The highest BCUT2D eigenvalue weighted by Gasteiger charge is 2.21. The normalized spacial score (nSPS) is 10.9. The molecule has 158 valence electrons. The van der Waals surface area contributed by atoms with Crippen LogP contribution in [0.3, 0.4) is 0 Å². The van der Waals surface area contributed by atoms with Crippen molar-refractivity contribution >= 4 is 38.4 Å². The molecule has 0 unspecified atom stereocenters. The predicted octanol–water partition coefficient (Wildman–Crippen LogP) is 4.44. The van der Waals surface area contributed by atoms with E-state index in [0.29, 0.717) is 22.8 Å². The summed E-state index contributed by atoms with van der Waals surface area (Å²) < 4.78 is 8.24. The van der Waals surface area contributed by atoms with E-state index >= 15 is 0 Å². The highest BCUT2D eigenvalue weighted by atomic mass is 32.1. The van der Waals surface area contributed by atoms with Crippen LogP contribution in [0.2, 0.25) is 0 Å². The molecule has 4 aromatic rings. The van der Waals surface area contributed by atoms with Crippen molar-refractivity contribution < 1.29 is 14.3 Å². The average molecular weight is 435 g/mol. The Morgan fingerprint density at radius 1 is 1.13 bits per heavy atom. The number of anilines is 1. The number of imidazole rings is 1. The van der Waals surface area contributed by atoms with Crippen molar-refractivity contribution in [2.24, 2.45) is 0 Å². The lowest BCUT2D eigenvalue weighted by molar-refractivity contribution is 0.0982. The number of benzene rings is 2. The van der Waals surface area contributed by atoms with Gasteiger partial charge in [0.25, 0.3) is 5.91 Å². The van der Waals surface area contributed by atoms with Crippen LogP contribution in [-0.4, -0.2) is 39.9 Å². The van der Waals surface area contributed by atoms with Crippen LogP contribution < -0.4 is 9.64 Å². The first kappa shape index (κ1) is 20.7. The molecule has 2 aromatic carbocycles. The highest BCUT2D eigenvalue weighted by Crippen LogP contribution is 2.32. The van der Waals surface area contributed by atoms with Crippen molar-refractivity contribution in [3.8, 4) is 5.75 Å². The fourth-order valence-electron chi connectivity index (χ4n) is 3.25. The minimum absolute atomic E-state index is 0.0312. The lowest BCUT2D eigenvalue weighted by Gasteiger charge is -2.20. The Hall–Kier alpha value is -3.52. The highest BCUT2D eigenvalue weighted by molar-refractivity contribution is 7.22.